The normalized spacial score (nSPS) is 14.0. The van der Waals surface area contributed by atoms with Gasteiger partial charge in [0.15, 0.2) is 5.82 Å². The summed E-state index contributed by atoms with van der Waals surface area (Å²) in [5, 5.41) is 6.76. The Morgan fingerprint density at radius 3 is 2.74 bits per heavy atom. The molecule has 11 nitrogen and oxygen atoms in total. The molecule has 1 amide bonds. The van der Waals surface area contributed by atoms with Crippen LogP contribution in [0.25, 0.3) is 5.82 Å². The second-order valence-electron chi connectivity index (χ2n) is 6.16. The average molecular weight is 368 g/mol. The van der Waals surface area contributed by atoms with Gasteiger partial charge in [-0.3, -0.25) is 19.1 Å². The molecule has 0 atom stereocenters. The molecule has 1 fully saturated rings. The Hall–Kier alpha value is -3.76. The second kappa shape index (κ2) is 6.52. The Kier molecular flexibility index (Phi) is 4.03. The van der Waals surface area contributed by atoms with Gasteiger partial charge in [-0.1, -0.05) is 0 Å². The lowest BCUT2D eigenvalue weighted by molar-refractivity contribution is -0.120. The predicted octanol–water partition coefficient (Wildman–Crippen LogP) is -0.876. The number of rotatable bonds is 4. The number of carbonyl (C=O) groups is 1. The van der Waals surface area contributed by atoms with Gasteiger partial charge in [-0.05, 0) is 6.07 Å². The Balaban J connectivity index is 1.43. The summed E-state index contributed by atoms with van der Waals surface area (Å²) in [5.41, 5.74) is -1.14. The van der Waals surface area contributed by atoms with Crippen LogP contribution in [0.2, 0.25) is 0 Å². The Labute approximate surface area is 152 Å². The van der Waals surface area contributed by atoms with Crippen molar-refractivity contribution in [3.05, 3.63) is 57.8 Å². The smallest absolute Gasteiger partial charge is 0.329 e. The van der Waals surface area contributed by atoms with Crippen LogP contribution in [0.1, 0.15) is 0 Å². The van der Waals surface area contributed by atoms with Gasteiger partial charge in [0.2, 0.25) is 5.91 Å². The lowest BCUT2D eigenvalue weighted by Gasteiger charge is -2.39. The van der Waals surface area contributed by atoms with Crippen LogP contribution in [0.15, 0.2) is 46.5 Å². The molecule has 3 aromatic heterocycles. The fourth-order valence-corrected chi connectivity index (χ4v) is 2.78. The molecule has 0 unspecified atom stereocenters. The molecule has 4 heterocycles. The molecule has 0 aliphatic carbocycles. The van der Waals surface area contributed by atoms with E-state index in [1.807, 2.05) is 4.90 Å². The molecule has 138 valence electrons. The van der Waals surface area contributed by atoms with Gasteiger partial charge in [-0.25, -0.2) is 19.4 Å². The van der Waals surface area contributed by atoms with E-state index >= 15 is 0 Å². The molecule has 11 heteroatoms. The third kappa shape index (κ3) is 3.21. The minimum absolute atomic E-state index is 0.162. The quantitative estimate of drug-likeness (QED) is 0.612. The highest BCUT2D eigenvalue weighted by molar-refractivity contribution is 5.93. The van der Waals surface area contributed by atoms with Gasteiger partial charge in [0, 0.05) is 44.7 Å². The second-order valence-corrected chi connectivity index (χ2v) is 6.16. The standard InChI is InChI=1S/C16H16N8O3/c1-22-13(6-14(25)21-16(22)27)20-15(26)10-7-23(8-10)11-5-12(18-9-17-11)24-4-2-3-19-24/h2-6,9-10H,7-8H2,1H3,(H,20,26)(H,21,25,27). The molecule has 1 aliphatic heterocycles. The first-order chi connectivity index (χ1) is 13.0. The van der Waals surface area contributed by atoms with Gasteiger partial charge in [0.25, 0.3) is 5.56 Å². The fourth-order valence-electron chi connectivity index (χ4n) is 2.78. The van der Waals surface area contributed by atoms with E-state index in [1.165, 1.54) is 24.0 Å². The van der Waals surface area contributed by atoms with Crippen LogP contribution < -0.4 is 21.5 Å². The highest BCUT2D eigenvalue weighted by Gasteiger charge is 2.34. The monoisotopic (exact) mass is 368 g/mol. The van der Waals surface area contributed by atoms with E-state index in [-0.39, 0.29) is 17.6 Å². The first kappa shape index (κ1) is 16.7. The maximum Gasteiger partial charge on any atom is 0.329 e. The summed E-state index contributed by atoms with van der Waals surface area (Å²) >= 11 is 0. The van der Waals surface area contributed by atoms with Crippen LogP contribution in [-0.4, -0.2) is 48.3 Å². The summed E-state index contributed by atoms with van der Waals surface area (Å²) in [6.07, 6.45) is 4.89. The van der Waals surface area contributed by atoms with Crippen molar-refractivity contribution >= 4 is 17.5 Å². The zero-order valence-corrected chi connectivity index (χ0v) is 14.4. The van der Waals surface area contributed by atoms with Crippen molar-refractivity contribution in [2.45, 2.75) is 0 Å². The number of anilines is 2. The van der Waals surface area contributed by atoms with Gasteiger partial charge >= 0.3 is 5.69 Å². The minimum Gasteiger partial charge on any atom is -0.355 e. The molecule has 1 aliphatic rings. The summed E-state index contributed by atoms with van der Waals surface area (Å²) < 4.78 is 2.80. The lowest BCUT2D eigenvalue weighted by Crippen LogP contribution is -2.52. The third-order valence-electron chi connectivity index (χ3n) is 4.37. The maximum atomic E-state index is 12.4. The summed E-state index contributed by atoms with van der Waals surface area (Å²) in [4.78, 5) is 47.9. The SMILES string of the molecule is Cn1c(NC(=O)C2CN(c3cc(-n4cccn4)ncn3)C2)cc(=O)[nH]c1=O. The molecular formula is C16H16N8O3. The summed E-state index contributed by atoms with van der Waals surface area (Å²) in [5.74, 6) is 0.963. The van der Waals surface area contributed by atoms with Crippen LogP contribution in [0.5, 0.6) is 0 Å². The zero-order valence-electron chi connectivity index (χ0n) is 14.4. The van der Waals surface area contributed by atoms with Crippen LogP contribution in [0, 0.1) is 5.92 Å². The largest absolute Gasteiger partial charge is 0.355 e. The fraction of sp³-hybridized carbons (Fsp3) is 0.250. The Bertz CT molecular complexity index is 1100. The van der Waals surface area contributed by atoms with Gasteiger partial charge in [0.05, 0.1) is 5.92 Å². The van der Waals surface area contributed by atoms with Crippen molar-refractivity contribution in [2.75, 3.05) is 23.3 Å². The molecule has 0 radical (unpaired) electrons. The van der Waals surface area contributed by atoms with E-state index < -0.39 is 11.2 Å². The van der Waals surface area contributed by atoms with Gasteiger partial charge in [0.1, 0.15) is 18.0 Å². The van der Waals surface area contributed by atoms with Crippen LogP contribution in [-0.2, 0) is 11.8 Å². The zero-order chi connectivity index (χ0) is 19.0. The molecule has 3 aromatic rings. The number of amides is 1. The van der Waals surface area contributed by atoms with Crippen LogP contribution >= 0.6 is 0 Å². The number of aromatic amines is 1. The number of hydrogen-bond acceptors (Lipinski definition) is 7. The van der Waals surface area contributed by atoms with Gasteiger partial charge in [-0.2, -0.15) is 5.10 Å². The first-order valence-corrected chi connectivity index (χ1v) is 8.19. The number of H-pyrrole nitrogens is 1. The topological polar surface area (TPSA) is 131 Å². The molecule has 4 rings (SSSR count). The van der Waals surface area contributed by atoms with E-state index in [4.69, 9.17) is 0 Å². The number of aromatic nitrogens is 6. The molecule has 0 bridgehead atoms. The van der Waals surface area contributed by atoms with Crippen LogP contribution in [0.4, 0.5) is 11.6 Å². The number of nitrogens with one attached hydrogen (secondary N) is 2. The number of carbonyl (C=O) groups excluding carboxylic acids is 1. The van der Waals surface area contributed by atoms with Crippen molar-refractivity contribution in [1.29, 1.82) is 0 Å². The highest BCUT2D eigenvalue weighted by Crippen LogP contribution is 2.24. The number of nitrogens with zero attached hydrogens (tertiary/aromatic N) is 6. The lowest BCUT2D eigenvalue weighted by atomic mass is 9.99. The van der Waals surface area contributed by atoms with Crippen LogP contribution in [0.3, 0.4) is 0 Å². The first-order valence-electron chi connectivity index (χ1n) is 8.19. The van der Waals surface area contributed by atoms with Crippen molar-refractivity contribution in [3.63, 3.8) is 0 Å². The number of hydrogen-bond donors (Lipinski definition) is 2. The Morgan fingerprint density at radius 1 is 1.22 bits per heavy atom. The predicted molar refractivity (Wildman–Crippen MR) is 95.8 cm³/mol. The molecule has 0 saturated carbocycles. The van der Waals surface area contributed by atoms with Crippen molar-refractivity contribution in [1.82, 2.24) is 29.3 Å². The summed E-state index contributed by atoms with van der Waals surface area (Å²) in [6, 6.07) is 4.77. The summed E-state index contributed by atoms with van der Waals surface area (Å²) in [7, 11) is 1.47. The minimum atomic E-state index is -0.583. The molecule has 1 saturated heterocycles. The molecule has 0 aromatic carbocycles. The van der Waals surface area contributed by atoms with E-state index in [9.17, 15) is 14.4 Å². The molecular weight excluding hydrogens is 352 g/mol. The molecule has 2 N–H and O–H groups in total. The van der Waals surface area contributed by atoms with Crippen molar-refractivity contribution in [3.8, 4) is 5.82 Å². The van der Waals surface area contributed by atoms with Gasteiger partial charge in [-0.15, -0.1) is 0 Å². The van der Waals surface area contributed by atoms with Crippen molar-refractivity contribution in [2.24, 2.45) is 13.0 Å². The van der Waals surface area contributed by atoms with Crippen molar-refractivity contribution < 1.29 is 4.79 Å². The molecule has 27 heavy (non-hydrogen) atoms. The average Bonchev–Trinajstić information content (AvgIpc) is 3.13. The van der Waals surface area contributed by atoms with Gasteiger partial charge < -0.3 is 10.2 Å². The Morgan fingerprint density at radius 2 is 2.00 bits per heavy atom. The summed E-state index contributed by atoms with van der Waals surface area (Å²) in [6.45, 7) is 0.942. The molecule has 0 spiro atoms. The van der Waals surface area contributed by atoms with E-state index in [2.05, 4.69) is 25.4 Å². The third-order valence-corrected chi connectivity index (χ3v) is 4.37. The van der Waals surface area contributed by atoms with E-state index in [1.54, 1.807) is 29.2 Å². The maximum absolute atomic E-state index is 12.4. The highest BCUT2D eigenvalue weighted by atomic mass is 16.2. The van der Waals surface area contributed by atoms with E-state index in [0.29, 0.717) is 24.7 Å². The van der Waals surface area contributed by atoms with E-state index in [0.717, 1.165) is 0 Å².